The molecule has 0 aliphatic heterocycles. The average molecular weight is 194 g/mol. The van der Waals surface area contributed by atoms with Gasteiger partial charge in [-0.3, -0.25) is 4.98 Å². The smallest absolute Gasteiger partial charge is 0.101 e. The van der Waals surface area contributed by atoms with Crippen LogP contribution in [0.1, 0.15) is 25.8 Å². The summed E-state index contributed by atoms with van der Waals surface area (Å²) in [6.45, 7) is 5.39. The number of nitrogens with zero attached hydrogens (tertiary/aromatic N) is 1. The van der Waals surface area contributed by atoms with Crippen LogP contribution >= 0.6 is 0 Å². The second kappa shape index (κ2) is 5.08. The third kappa shape index (κ3) is 3.09. The molecule has 78 valence electrons. The number of rotatable bonds is 5. The van der Waals surface area contributed by atoms with Crippen LogP contribution in [-0.4, -0.2) is 23.2 Å². The summed E-state index contributed by atoms with van der Waals surface area (Å²) in [4.78, 5) is 3.99. The maximum Gasteiger partial charge on any atom is 0.101 e. The normalized spacial score (nSPS) is 15.1. The monoisotopic (exact) mass is 194 g/mol. The lowest BCUT2D eigenvalue weighted by Crippen LogP contribution is -2.35. The zero-order valence-corrected chi connectivity index (χ0v) is 8.83. The molecule has 1 rings (SSSR count). The molecule has 1 heterocycles. The Labute approximate surface area is 85.2 Å². The van der Waals surface area contributed by atoms with E-state index in [1.165, 1.54) is 0 Å². The molecule has 0 saturated carbocycles. The highest BCUT2D eigenvalue weighted by Gasteiger charge is 2.22. The fourth-order valence-corrected chi connectivity index (χ4v) is 1.29. The third-order valence-electron chi connectivity index (χ3n) is 2.18. The van der Waals surface area contributed by atoms with E-state index >= 15 is 0 Å². The fourth-order valence-electron chi connectivity index (χ4n) is 1.29. The quantitative estimate of drug-likeness (QED) is 0.694. The van der Waals surface area contributed by atoms with Gasteiger partial charge in [0.2, 0.25) is 0 Å². The molecule has 1 unspecified atom stereocenters. The predicted octanol–water partition coefficient (Wildman–Crippen LogP) is 1.29. The highest BCUT2D eigenvalue weighted by molar-refractivity contribution is 5.17. The number of nitrogens with one attached hydrogen (secondary N) is 1. The van der Waals surface area contributed by atoms with E-state index in [1.54, 1.807) is 19.3 Å². The van der Waals surface area contributed by atoms with Gasteiger partial charge in [-0.15, -0.1) is 0 Å². The molecule has 0 spiro atoms. The van der Waals surface area contributed by atoms with E-state index in [9.17, 15) is 5.11 Å². The molecular formula is C11H18N2O. The van der Waals surface area contributed by atoms with Crippen molar-refractivity contribution in [3.8, 4) is 0 Å². The van der Waals surface area contributed by atoms with E-state index < -0.39 is 5.60 Å². The lowest BCUT2D eigenvalue weighted by atomic mass is 9.98. The Morgan fingerprint density at radius 2 is 2.36 bits per heavy atom. The minimum atomic E-state index is -0.830. The van der Waals surface area contributed by atoms with Gasteiger partial charge >= 0.3 is 0 Å². The van der Waals surface area contributed by atoms with Gasteiger partial charge in [0.15, 0.2) is 0 Å². The van der Waals surface area contributed by atoms with Crippen molar-refractivity contribution in [1.29, 1.82) is 0 Å². The third-order valence-corrected chi connectivity index (χ3v) is 2.18. The molecule has 0 saturated heterocycles. The van der Waals surface area contributed by atoms with Gasteiger partial charge in [-0.2, -0.15) is 0 Å². The Balaban J connectivity index is 2.56. The average Bonchev–Trinajstić information content (AvgIpc) is 2.19. The Bertz CT molecular complexity index is 259. The maximum atomic E-state index is 10.1. The minimum Gasteiger partial charge on any atom is -0.384 e. The summed E-state index contributed by atoms with van der Waals surface area (Å²) in [5, 5.41) is 13.3. The van der Waals surface area contributed by atoms with Crippen LogP contribution in [-0.2, 0) is 5.60 Å². The Kier molecular flexibility index (Phi) is 4.04. The van der Waals surface area contributed by atoms with E-state index in [1.807, 2.05) is 12.1 Å². The lowest BCUT2D eigenvalue weighted by Gasteiger charge is -2.23. The summed E-state index contributed by atoms with van der Waals surface area (Å²) in [6.07, 6.45) is 4.48. The second-order valence-electron chi connectivity index (χ2n) is 3.69. The molecule has 1 aromatic rings. The Morgan fingerprint density at radius 1 is 1.57 bits per heavy atom. The molecule has 1 aromatic heterocycles. The number of aliphatic hydroxyl groups is 1. The standard InChI is InChI=1S/C11H18N2O/c1-3-6-13-9-11(2,14)10-5-4-7-12-8-10/h4-5,7-8,13-14H,3,6,9H2,1-2H3. The molecule has 0 aromatic carbocycles. The number of pyridine rings is 1. The van der Waals surface area contributed by atoms with Crippen molar-refractivity contribution >= 4 is 0 Å². The topological polar surface area (TPSA) is 45.1 Å². The van der Waals surface area contributed by atoms with Crippen LogP contribution < -0.4 is 5.32 Å². The van der Waals surface area contributed by atoms with Crippen molar-refractivity contribution in [1.82, 2.24) is 10.3 Å². The molecular weight excluding hydrogens is 176 g/mol. The first-order valence-corrected chi connectivity index (χ1v) is 5.00. The fraction of sp³-hybridized carbons (Fsp3) is 0.545. The first kappa shape index (κ1) is 11.1. The van der Waals surface area contributed by atoms with Crippen LogP contribution in [0.15, 0.2) is 24.5 Å². The second-order valence-corrected chi connectivity index (χ2v) is 3.69. The molecule has 14 heavy (non-hydrogen) atoms. The van der Waals surface area contributed by atoms with Gasteiger partial charge in [-0.05, 0) is 26.0 Å². The molecule has 2 N–H and O–H groups in total. The largest absolute Gasteiger partial charge is 0.384 e. The summed E-state index contributed by atoms with van der Waals surface area (Å²) in [5.74, 6) is 0. The summed E-state index contributed by atoms with van der Waals surface area (Å²) in [7, 11) is 0. The van der Waals surface area contributed by atoms with Crippen LogP contribution in [0.2, 0.25) is 0 Å². The van der Waals surface area contributed by atoms with Crippen molar-refractivity contribution in [2.24, 2.45) is 0 Å². The Morgan fingerprint density at radius 3 is 2.93 bits per heavy atom. The number of hydrogen-bond acceptors (Lipinski definition) is 3. The van der Waals surface area contributed by atoms with Crippen LogP contribution in [0.5, 0.6) is 0 Å². The number of aromatic nitrogens is 1. The first-order valence-electron chi connectivity index (χ1n) is 5.00. The molecule has 0 radical (unpaired) electrons. The Hall–Kier alpha value is -0.930. The summed E-state index contributed by atoms with van der Waals surface area (Å²) >= 11 is 0. The van der Waals surface area contributed by atoms with Gasteiger partial charge in [0.05, 0.1) is 0 Å². The van der Waals surface area contributed by atoms with E-state index in [0.717, 1.165) is 18.5 Å². The summed E-state index contributed by atoms with van der Waals surface area (Å²) in [6, 6.07) is 3.73. The van der Waals surface area contributed by atoms with Crippen LogP contribution in [0.25, 0.3) is 0 Å². The molecule has 0 amide bonds. The molecule has 0 aliphatic rings. The van der Waals surface area contributed by atoms with Crippen molar-refractivity contribution < 1.29 is 5.11 Å². The van der Waals surface area contributed by atoms with Crippen LogP contribution in [0.4, 0.5) is 0 Å². The minimum absolute atomic E-state index is 0.562. The van der Waals surface area contributed by atoms with Gasteiger partial charge in [0.25, 0.3) is 0 Å². The summed E-state index contributed by atoms with van der Waals surface area (Å²) < 4.78 is 0. The van der Waals surface area contributed by atoms with Crippen molar-refractivity contribution in [3.63, 3.8) is 0 Å². The zero-order valence-electron chi connectivity index (χ0n) is 8.83. The highest BCUT2D eigenvalue weighted by atomic mass is 16.3. The van der Waals surface area contributed by atoms with Gasteiger partial charge in [-0.1, -0.05) is 13.0 Å². The van der Waals surface area contributed by atoms with Crippen molar-refractivity contribution in [2.75, 3.05) is 13.1 Å². The zero-order chi connectivity index (χ0) is 10.4. The highest BCUT2D eigenvalue weighted by Crippen LogP contribution is 2.17. The SMILES string of the molecule is CCCNCC(C)(O)c1cccnc1. The number of hydrogen-bond donors (Lipinski definition) is 2. The van der Waals surface area contributed by atoms with E-state index in [-0.39, 0.29) is 0 Å². The first-order chi connectivity index (χ1) is 6.67. The predicted molar refractivity (Wildman–Crippen MR) is 57.0 cm³/mol. The van der Waals surface area contributed by atoms with E-state index in [0.29, 0.717) is 6.54 Å². The van der Waals surface area contributed by atoms with E-state index in [2.05, 4.69) is 17.2 Å². The molecule has 3 heteroatoms. The van der Waals surface area contributed by atoms with Gasteiger partial charge < -0.3 is 10.4 Å². The molecule has 1 atom stereocenters. The van der Waals surface area contributed by atoms with Gasteiger partial charge in [0.1, 0.15) is 5.60 Å². The lowest BCUT2D eigenvalue weighted by molar-refractivity contribution is 0.0569. The van der Waals surface area contributed by atoms with E-state index in [4.69, 9.17) is 0 Å². The maximum absolute atomic E-state index is 10.1. The molecule has 3 nitrogen and oxygen atoms in total. The van der Waals surface area contributed by atoms with Crippen LogP contribution in [0.3, 0.4) is 0 Å². The molecule has 0 aliphatic carbocycles. The van der Waals surface area contributed by atoms with Crippen molar-refractivity contribution in [2.45, 2.75) is 25.9 Å². The van der Waals surface area contributed by atoms with Crippen molar-refractivity contribution in [3.05, 3.63) is 30.1 Å². The molecule has 0 fully saturated rings. The van der Waals surface area contributed by atoms with Crippen LogP contribution in [0, 0.1) is 0 Å². The summed E-state index contributed by atoms with van der Waals surface area (Å²) in [5.41, 5.74) is 0.0206. The van der Waals surface area contributed by atoms with Gasteiger partial charge in [0, 0.05) is 24.5 Å². The van der Waals surface area contributed by atoms with Gasteiger partial charge in [-0.25, -0.2) is 0 Å². The molecule has 0 bridgehead atoms.